The van der Waals surface area contributed by atoms with Gasteiger partial charge in [0.2, 0.25) is 0 Å². The van der Waals surface area contributed by atoms with Crippen molar-refractivity contribution < 1.29 is 21.6 Å². The number of halogens is 4. The third kappa shape index (κ3) is 4.29. The Balaban J connectivity index is 1.83. The van der Waals surface area contributed by atoms with Crippen molar-refractivity contribution in [1.29, 1.82) is 0 Å². The highest BCUT2D eigenvalue weighted by Crippen LogP contribution is 2.38. The lowest BCUT2D eigenvalue weighted by atomic mass is 9.95. The Bertz CT molecular complexity index is 1240. The van der Waals surface area contributed by atoms with E-state index in [2.05, 4.69) is 9.82 Å². The van der Waals surface area contributed by atoms with Gasteiger partial charge in [-0.1, -0.05) is 29.3 Å². The molecule has 0 atom stereocenters. The third-order valence-corrected chi connectivity index (χ3v) is 6.83. The van der Waals surface area contributed by atoms with Gasteiger partial charge in [0.1, 0.15) is 0 Å². The molecule has 0 amide bonds. The van der Waals surface area contributed by atoms with Crippen molar-refractivity contribution >= 4 is 27.3 Å². The number of aryl methyl sites for hydroxylation is 1. The Hall–Kier alpha value is -2.52. The largest absolute Gasteiger partial charge is 0.435 e. The van der Waals surface area contributed by atoms with Gasteiger partial charge in [-0.3, -0.25) is 4.72 Å². The number of fused-ring (bicyclic) bond motifs is 1. The van der Waals surface area contributed by atoms with Crippen LogP contribution in [0.5, 0.6) is 0 Å². The summed E-state index contributed by atoms with van der Waals surface area (Å²) < 4.78 is 70.2. The van der Waals surface area contributed by atoms with Gasteiger partial charge in [0, 0.05) is 16.3 Å². The predicted octanol–water partition coefficient (Wildman–Crippen LogP) is 5.53. The standard InChI is InChI=1S/C21H19ClF3N3O2S/c1-13-6-9-15(10-7-13)31(29,30)27-17-12-14(22)8-11-19(17)28-18-5-3-2-4-16(18)20(26-28)21(23,24)25/h6-12,27H,2-5H2,1H3. The van der Waals surface area contributed by atoms with E-state index in [0.29, 0.717) is 18.5 Å². The van der Waals surface area contributed by atoms with Crippen LogP contribution in [0.3, 0.4) is 0 Å². The molecule has 2 aromatic carbocycles. The Morgan fingerprint density at radius 2 is 1.74 bits per heavy atom. The molecule has 1 heterocycles. The molecule has 5 nitrogen and oxygen atoms in total. The molecule has 1 aliphatic rings. The van der Waals surface area contributed by atoms with E-state index in [1.54, 1.807) is 12.1 Å². The maximum absolute atomic E-state index is 13.6. The van der Waals surface area contributed by atoms with Crippen LogP contribution in [0.15, 0.2) is 47.4 Å². The number of anilines is 1. The van der Waals surface area contributed by atoms with E-state index in [-0.39, 0.29) is 33.3 Å². The average Bonchev–Trinajstić information content (AvgIpc) is 3.08. The first-order valence-corrected chi connectivity index (χ1v) is 11.5. The number of nitrogens with one attached hydrogen (secondary N) is 1. The zero-order chi connectivity index (χ0) is 22.4. The molecule has 0 saturated heterocycles. The molecule has 1 aromatic heterocycles. The van der Waals surface area contributed by atoms with Crippen LogP contribution < -0.4 is 4.72 Å². The SMILES string of the molecule is Cc1ccc(S(=O)(=O)Nc2cc(Cl)ccc2-n2nc(C(F)(F)F)c3c2CCCC3)cc1. The molecule has 3 aromatic rings. The fourth-order valence-electron chi connectivity index (χ4n) is 3.72. The van der Waals surface area contributed by atoms with Crippen molar-refractivity contribution in [1.82, 2.24) is 9.78 Å². The van der Waals surface area contributed by atoms with Crippen LogP contribution in [0.4, 0.5) is 18.9 Å². The van der Waals surface area contributed by atoms with Crippen LogP contribution in [-0.2, 0) is 29.0 Å². The van der Waals surface area contributed by atoms with Gasteiger partial charge >= 0.3 is 6.18 Å². The van der Waals surface area contributed by atoms with Gasteiger partial charge in [-0.2, -0.15) is 18.3 Å². The summed E-state index contributed by atoms with van der Waals surface area (Å²) in [5.74, 6) is 0. The van der Waals surface area contributed by atoms with Crippen molar-refractivity contribution in [3.8, 4) is 5.69 Å². The highest BCUT2D eigenvalue weighted by molar-refractivity contribution is 7.92. The zero-order valence-corrected chi connectivity index (χ0v) is 18.1. The molecule has 0 unspecified atom stereocenters. The van der Waals surface area contributed by atoms with Crippen LogP contribution in [0.2, 0.25) is 5.02 Å². The van der Waals surface area contributed by atoms with E-state index in [4.69, 9.17) is 11.6 Å². The second-order valence-corrected chi connectivity index (χ2v) is 9.59. The van der Waals surface area contributed by atoms with Crippen molar-refractivity contribution in [3.05, 3.63) is 70.0 Å². The highest BCUT2D eigenvalue weighted by atomic mass is 35.5. The molecule has 1 N–H and O–H groups in total. The Morgan fingerprint density at radius 1 is 1.06 bits per heavy atom. The first-order valence-electron chi connectivity index (χ1n) is 9.63. The fourth-order valence-corrected chi connectivity index (χ4v) is 4.96. The summed E-state index contributed by atoms with van der Waals surface area (Å²) in [4.78, 5) is 0.0301. The first-order chi connectivity index (χ1) is 14.6. The number of sulfonamides is 1. The maximum Gasteiger partial charge on any atom is 0.435 e. The van der Waals surface area contributed by atoms with E-state index >= 15 is 0 Å². The quantitative estimate of drug-likeness (QED) is 0.546. The lowest BCUT2D eigenvalue weighted by molar-refractivity contribution is -0.142. The van der Waals surface area contributed by atoms with E-state index in [9.17, 15) is 21.6 Å². The van der Waals surface area contributed by atoms with Gasteiger partial charge in [-0.15, -0.1) is 0 Å². The topological polar surface area (TPSA) is 64.0 Å². The van der Waals surface area contributed by atoms with E-state index in [1.807, 2.05) is 6.92 Å². The molecule has 0 bridgehead atoms. The number of alkyl halides is 3. The molecular formula is C21H19ClF3N3O2S. The third-order valence-electron chi connectivity index (χ3n) is 5.21. The van der Waals surface area contributed by atoms with Crippen molar-refractivity contribution in [2.75, 3.05) is 4.72 Å². The zero-order valence-electron chi connectivity index (χ0n) is 16.5. The lowest BCUT2D eigenvalue weighted by Crippen LogP contribution is -2.16. The molecule has 1 aliphatic carbocycles. The predicted molar refractivity (Wildman–Crippen MR) is 112 cm³/mol. The van der Waals surface area contributed by atoms with E-state index in [1.165, 1.54) is 35.0 Å². The first kappa shape index (κ1) is 21.7. The molecule has 0 radical (unpaired) electrons. The normalized spacial score (nSPS) is 14.4. The second kappa shape index (κ2) is 7.87. The summed E-state index contributed by atoms with van der Waals surface area (Å²) in [5.41, 5.74) is 0.818. The molecule has 10 heteroatoms. The van der Waals surface area contributed by atoms with Gasteiger partial charge in [-0.05, 0) is 62.9 Å². The number of benzene rings is 2. The summed E-state index contributed by atoms with van der Waals surface area (Å²) in [5, 5.41) is 4.09. The Morgan fingerprint density at radius 3 is 2.42 bits per heavy atom. The molecule has 4 rings (SSSR count). The minimum atomic E-state index is -4.60. The van der Waals surface area contributed by atoms with E-state index < -0.39 is 21.9 Å². The minimum Gasteiger partial charge on any atom is -0.277 e. The average molecular weight is 470 g/mol. The summed E-state index contributed by atoms with van der Waals surface area (Å²) in [7, 11) is -3.99. The summed E-state index contributed by atoms with van der Waals surface area (Å²) >= 11 is 6.08. The molecule has 0 saturated carbocycles. The van der Waals surface area contributed by atoms with Gasteiger partial charge in [0.15, 0.2) is 5.69 Å². The van der Waals surface area contributed by atoms with Gasteiger partial charge in [0.25, 0.3) is 10.0 Å². The number of rotatable bonds is 4. The minimum absolute atomic E-state index is 0.0301. The molecular weight excluding hydrogens is 451 g/mol. The summed E-state index contributed by atoms with van der Waals surface area (Å²) in [6.07, 6.45) is -2.52. The molecule has 31 heavy (non-hydrogen) atoms. The van der Waals surface area contributed by atoms with Crippen LogP contribution in [0.25, 0.3) is 5.69 Å². The molecule has 0 fully saturated rings. The Labute approximate surface area is 182 Å². The molecule has 0 spiro atoms. The number of aromatic nitrogens is 2. The van der Waals surface area contributed by atoms with E-state index in [0.717, 1.165) is 12.0 Å². The monoisotopic (exact) mass is 469 g/mol. The second-order valence-electron chi connectivity index (χ2n) is 7.47. The maximum atomic E-state index is 13.6. The highest BCUT2D eigenvalue weighted by Gasteiger charge is 2.40. The van der Waals surface area contributed by atoms with Crippen molar-refractivity contribution in [2.45, 2.75) is 43.7 Å². The smallest absolute Gasteiger partial charge is 0.277 e. The van der Waals surface area contributed by atoms with Crippen LogP contribution in [-0.4, -0.2) is 18.2 Å². The van der Waals surface area contributed by atoms with Crippen LogP contribution >= 0.6 is 11.6 Å². The van der Waals surface area contributed by atoms with Crippen molar-refractivity contribution in [3.63, 3.8) is 0 Å². The van der Waals surface area contributed by atoms with Gasteiger partial charge < -0.3 is 0 Å². The van der Waals surface area contributed by atoms with Gasteiger partial charge in [-0.25, -0.2) is 13.1 Å². The Kier molecular flexibility index (Phi) is 5.51. The molecule has 164 valence electrons. The number of hydrogen-bond donors (Lipinski definition) is 1. The number of nitrogens with zero attached hydrogens (tertiary/aromatic N) is 2. The number of hydrogen-bond acceptors (Lipinski definition) is 3. The van der Waals surface area contributed by atoms with Crippen LogP contribution in [0.1, 0.15) is 35.4 Å². The summed E-state index contributed by atoms with van der Waals surface area (Å²) in [6, 6.07) is 10.6. The lowest BCUT2D eigenvalue weighted by Gasteiger charge is -2.17. The summed E-state index contributed by atoms with van der Waals surface area (Å²) in [6.45, 7) is 1.83. The van der Waals surface area contributed by atoms with Crippen molar-refractivity contribution in [2.24, 2.45) is 0 Å². The molecule has 0 aliphatic heterocycles. The van der Waals surface area contributed by atoms with Crippen LogP contribution in [0, 0.1) is 6.92 Å². The fraction of sp³-hybridized carbons (Fsp3) is 0.286. The van der Waals surface area contributed by atoms with Gasteiger partial charge in [0.05, 0.1) is 16.3 Å².